The Morgan fingerprint density at radius 2 is 1.72 bits per heavy atom. The molecule has 0 radical (unpaired) electrons. The number of fused-ring (bicyclic) bond motifs is 1. The summed E-state index contributed by atoms with van der Waals surface area (Å²) in [5.74, 6) is 0.0283. The fourth-order valence-electron chi connectivity index (χ4n) is 2.54. The number of carbonyl (C=O) groups is 2. The van der Waals surface area contributed by atoms with Crippen LogP contribution < -0.4 is 10.9 Å². The van der Waals surface area contributed by atoms with Crippen LogP contribution in [-0.2, 0) is 11.2 Å². The predicted octanol–water partition coefficient (Wildman–Crippen LogP) is 3.47. The summed E-state index contributed by atoms with van der Waals surface area (Å²) in [6, 6.07) is 16.3. The number of carbonyl (C=O) groups excluding carboxylic acids is 2. The molecular formula is C20H18N2O3. The van der Waals surface area contributed by atoms with Crippen LogP contribution in [0.4, 0.5) is 0 Å². The molecule has 0 atom stereocenters. The molecule has 126 valence electrons. The zero-order chi connectivity index (χ0) is 17.6. The second kappa shape index (κ2) is 7.49. The highest BCUT2D eigenvalue weighted by Gasteiger charge is 2.10. The fourth-order valence-corrected chi connectivity index (χ4v) is 2.54. The second-order valence-electron chi connectivity index (χ2n) is 5.43. The Morgan fingerprint density at radius 1 is 1.00 bits per heavy atom. The molecule has 0 saturated carbocycles. The highest BCUT2D eigenvalue weighted by atomic mass is 16.3. The SMILES string of the molecule is CCc1oc2ccccc2c1/C=C/C(=O)NNC(=O)c1ccccc1. The Labute approximate surface area is 145 Å². The van der Waals surface area contributed by atoms with Gasteiger partial charge in [0.2, 0.25) is 0 Å². The van der Waals surface area contributed by atoms with Crippen LogP contribution in [0.2, 0.25) is 0 Å². The number of aryl methyl sites for hydroxylation is 1. The van der Waals surface area contributed by atoms with Gasteiger partial charge in [-0.2, -0.15) is 0 Å². The van der Waals surface area contributed by atoms with E-state index in [0.717, 1.165) is 28.7 Å². The summed E-state index contributed by atoms with van der Waals surface area (Å²) in [5.41, 5.74) is 6.89. The molecule has 2 N–H and O–H groups in total. The van der Waals surface area contributed by atoms with Crippen LogP contribution in [0.3, 0.4) is 0 Å². The molecule has 0 unspecified atom stereocenters. The van der Waals surface area contributed by atoms with Crippen LogP contribution in [0.25, 0.3) is 17.0 Å². The van der Waals surface area contributed by atoms with E-state index in [4.69, 9.17) is 4.42 Å². The molecule has 1 heterocycles. The number of nitrogens with one attached hydrogen (secondary N) is 2. The van der Waals surface area contributed by atoms with Crippen molar-refractivity contribution >= 4 is 28.9 Å². The molecule has 0 spiro atoms. The number of hydrazine groups is 1. The van der Waals surface area contributed by atoms with Crippen molar-refractivity contribution in [3.63, 3.8) is 0 Å². The number of amides is 2. The topological polar surface area (TPSA) is 71.3 Å². The van der Waals surface area contributed by atoms with Crippen molar-refractivity contribution in [2.75, 3.05) is 0 Å². The summed E-state index contributed by atoms with van der Waals surface area (Å²) in [6.07, 6.45) is 3.80. The molecule has 0 aliphatic rings. The maximum atomic E-state index is 12.0. The molecule has 2 aromatic carbocycles. The van der Waals surface area contributed by atoms with Crippen LogP contribution in [0, 0.1) is 0 Å². The molecule has 1 aromatic heterocycles. The van der Waals surface area contributed by atoms with Gasteiger partial charge in [0.05, 0.1) is 0 Å². The van der Waals surface area contributed by atoms with Gasteiger partial charge in [-0.15, -0.1) is 0 Å². The van der Waals surface area contributed by atoms with Gasteiger partial charge in [0.25, 0.3) is 11.8 Å². The second-order valence-corrected chi connectivity index (χ2v) is 5.43. The first-order chi connectivity index (χ1) is 12.2. The maximum Gasteiger partial charge on any atom is 0.269 e. The van der Waals surface area contributed by atoms with Gasteiger partial charge in [-0.05, 0) is 24.3 Å². The summed E-state index contributed by atoms with van der Waals surface area (Å²) in [7, 11) is 0. The minimum absolute atomic E-state index is 0.370. The lowest BCUT2D eigenvalue weighted by Gasteiger charge is -2.04. The molecule has 25 heavy (non-hydrogen) atoms. The van der Waals surface area contributed by atoms with E-state index in [2.05, 4.69) is 10.9 Å². The molecule has 0 aliphatic carbocycles. The standard InChI is InChI=1S/C20H18N2O3/c1-2-17-16(15-10-6-7-11-18(15)25-17)12-13-19(23)21-22-20(24)14-8-4-3-5-9-14/h3-13H,2H2,1H3,(H,21,23)(H,22,24)/b13-12+. The minimum atomic E-state index is -0.420. The van der Waals surface area contributed by atoms with Crippen molar-refractivity contribution in [2.45, 2.75) is 13.3 Å². The minimum Gasteiger partial charge on any atom is -0.460 e. The van der Waals surface area contributed by atoms with E-state index in [9.17, 15) is 9.59 Å². The summed E-state index contributed by atoms with van der Waals surface area (Å²) in [5, 5.41) is 0.955. The van der Waals surface area contributed by atoms with Crippen molar-refractivity contribution in [2.24, 2.45) is 0 Å². The van der Waals surface area contributed by atoms with E-state index in [0.29, 0.717) is 5.56 Å². The Balaban J connectivity index is 1.68. The first kappa shape index (κ1) is 16.5. The van der Waals surface area contributed by atoms with E-state index in [1.807, 2.05) is 37.3 Å². The average Bonchev–Trinajstić information content (AvgIpc) is 3.02. The lowest BCUT2D eigenvalue weighted by Crippen LogP contribution is -2.40. The third kappa shape index (κ3) is 3.77. The third-order valence-corrected chi connectivity index (χ3v) is 3.77. The highest BCUT2D eigenvalue weighted by molar-refractivity contribution is 5.99. The van der Waals surface area contributed by atoms with Gasteiger partial charge in [0.1, 0.15) is 11.3 Å². The number of hydrogen-bond donors (Lipinski definition) is 2. The maximum absolute atomic E-state index is 12.0. The molecule has 0 fully saturated rings. The molecule has 2 amide bonds. The Hall–Kier alpha value is -3.34. The van der Waals surface area contributed by atoms with Gasteiger partial charge in [-0.25, -0.2) is 0 Å². The zero-order valence-corrected chi connectivity index (χ0v) is 13.8. The largest absolute Gasteiger partial charge is 0.460 e. The first-order valence-corrected chi connectivity index (χ1v) is 8.03. The predicted molar refractivity (Wildman–Crippen MR) is 96.7 cm³/mol. The number of benzene rings is 2. The van der Waals surface area contributed by atoms with Crippen molar-refractivity contribution < 1.29 is 14.0 Å². The Bertz CT molecular complexity index is 927. The normalized spacial score (nSPS) is 10.9. The van der Waals surface area contributed by atoms with Crippen LogP contribution in [0.15, 0.2) is 65.1 Å². The summed E-state index contributed by atoms with van der Waals surface area (Å²) < 4.78 is 5.78. The fraction of sp³-hybridized carbons (Fsp3) is 0.100. The monoisotopic (exact) mass is 334 g/mol. The Morgan fingerprint density at radius 3 is 2.48 bits per heavy atom. The van der Waals surface area contributed by atoms with Crippen LogP contribution in [0.1, 0.15) is 28.6 Å². The van der Waals surface area contributed by atoms with E-state index < -0.39 is 5.91 Å². The van der Waals surface area contributed by atoms with Gasteiger partial charge in [0.15, 0.2) is 0 Å². The highest BCUT2D eigenvalue weighted by Crippen LogP contribution is 2.27. The van der Waals surface area contributed by atoms with E-state index in [1.54, 1.807) is 30.3 Å². The summed E-state index contributed by atoms with van der Waals surface area (Å²) >= 11 is 0. The van der Waals surface area contributed by atoms with E-state index in [1.165, 1.54) is 6.08 Å². The van der Waals surface area contributed by atoms with Gasteiger partial charge in [0, 0.05) is 29.0 Å². The van der Waals surface area contributed by atoms with Crippen LogP contribution in [-0.4, -0.2) is 11.8 Å². The van der Waals surface area contributed by atoms with Crippen molar-refractivity contribution in [1.82, 2.24) is 10.9 Å². The zero-order valence-electron chi connectivity index (χ0n) is 13.8. The number of furan rings is 1. The quantitative estimate of drug-likeness (QED) is 0.567. The molecule has 0 bridgehead atoms. The lowest BCUT2D eigenvalue weighted by atomic mass is 10.1. The number of para-hydroxylation sites is 1. The van der Waals surface area contributed by atoms with E-state index in [-0.39, 0.29) is 5.91 Å². The smallest absolute Gasteiger partial charge is 0.269 e. The molecule has 0 saturated heterocycles. The van der Waals surface area contributed by atoms with E-state index >= 15 is 0 Å². The number of rotatable bonds is 4. The lowest BCUT2D eigenvalue weighted by molar-refractivity contribution is -0.117. The third-order valence-electron chi connectivity index (χ3n) is 3.77. The van der Waals surface area contributed by atoms with Gasteiger partial charge < -0.3 is 4.42 Å². The van der Waals surface area contributed by atoms with Crippen molar-refractivity contribution in [3.8, 4) is 0 Å². The van der Waals surface area contributed by atoms with Crippen LogP contribution in [0.5, 0.6) is 0 Å². The summed E-state index contributed by atoms with van der Waals surface area (Å²) in [4.78, 5) is 23.9. The Kier molecular flexibility index (Phi) is 4.95. The number of hydrogen-bond acceptors (Lipinski definition) is 3. The van der Waals surface area contributed by atoms with Crippen LogP contribution >= 0.6 is 0 Å². The average molecular weight is 334 g/mol. The molecule has 3 aromatic rings. The van der Waals surface area contributed by atoms with Gasteiger partial charge in [-0.3, -0.25) is 20.4 Å². The molecule has 5 heteroatoms. The van der Waals surface area contributed by atoms with Gasteiger partial charge in [-0.1, -0.05) is 43.3 Å². The first-order valence-electron chi connectivity index (χ1n) is 8.03. The molecular weight excluding hydrogens is 316 g/mol. The van der Waals surface area contributed by atoms with Gasteiger partial charge >= 0.3 is 0 Å². The molecule has 0 aliphatic heterocycles. The van der Waals surface area contributed by atoms with Crippen molar-refractivity contribution in [3.05, 3.63) is 77.6 Å². The molecule has 3 rings (SSSR count). The summed E-state index contributed by atoms with van der Waals surface area (Å²) in [6.45, 7) is 2.00. The van der Waals surface area contributed by atoms with Crippen molar-refractivity contribution in [1.29, 1.82) is 0 Å². The molecule has 5 nitrogen and oxygen atoms in total.